The van der Waals surface area contributed by atoms with E-state index in [-0.39, 0.29) is 19.0 Å². The number of benzene rings is 1. The minimum absolute atomic E-state index is 0. The third-order valence-corrected chi connectivity index (χ3v) is 2.49. The molecule has 1 aromatic rings. The van der Waals surface area contributed by atoms with E-state index in [1.165, 1.54) is 6.92 Å². The molecule has 6 heteroatoms. The Morgan fingerprint density at radius 3 is 2.30 bits per heavy atom. The highest BCUT2D eigenvalue weighted by Crippen LogP contribution is 2.06. The van der Waals surface area contributed by atoms with Crippen molar-refractivity contribution in [1.29, 1.82) is 0 Å². The zero-order valence-electron chi connectivity index (χ0n) is 11.6. The quantitative estimate of drug-likeness (QED) is 0.811. The van der Waals surface area contributed by atoms with E-state index in [0.717, 1.165) is 5.56 Å². The van der Waals surface area contributed by atoms with Crippen molar-refractivity contribution in [1.82, 2.24) is 0 Å². The second kappa shape index (κ2) is 9.34. The van der Waals surface area contributed by atoms with Crippen LogP contribution in [0.1, 0.15) is 25.8 Å². The van der Waals surface area contributed by atoms with Gasteiger partial charge in [-0.05, 0) is 18.9 Å². The van der Waals surface area contributed by atoms with Gasteiger partial charge in [0.15, 0.2) is 6.10 Å². The average Bonchev–Trinajstić information content (AvgIpc) is 2.42. The van der Waals surface area contributed by atoms with Gasteiger partial charge in [0.2, 0.25) is 0 Å². The molecule has 0 amide bonds. The third-order valence-electron chi connectivity index (χ3n) is 2.49. The van der Waals surface area contributed by atoms with E-state index in [1.807, 2.05) is 30.3 Å². The molecule has 1 rings (SSSR count). The van der Waals surface area contributed by atoms with Gasteiger partial charge in [-0.15, -0.1) is 12.4 Å². The zero-order valence-corrected chi connectivity index (χ0v) is 12.4. The summed E-state index contributed by atoms with van der Waals surface area (Å²) in [6.45, 7) is 3.40. The molecule has 0 saturated heterocycles. The van der Waals surface area contributed by atoms with Crippen molar-refractivity contribution < 1.29 is 19.1 Å². The first kappa shape index (κ1) is 18.4. The minimum atomic E-state index is -0.901. The van der Waals surface area contributed by atoms with Gasteiger partial charge < -0.3 is 15.2 Å². The second-order valence-corrected chi connectivity index (χ2v) is 4.22. The van der Waals surface area contributed by atoms with Crippen molar-refractivity contribution in [2.75, 3.05) is 0 Å². The van der Waals surface area contributed by atoms with Crippen molar-refractivity contribution >= 4 is 24.3 Å². The number of ether oxygens (including phenoxy) is 2. The van der Waals surface area contributed by atoms with E-state index < -0.39 is 24.1 Å². The Hall–Kier alpha value is -1.59. The maximum absolute atomic E-state index is 11.8. The van der Waals surface area contributed by atoms with E-state index in [2.05, 4.69) is 0 Å². The highest BCUT2D eigenvalue weighted by molar-refractivity contribution is 5.85. The number of hydrogen-bond acceptors (Lipinski definition) is 5. The maximum Gasteiger partial charge on any atom is 0.347 e. The summed E-state index contributed by atoms with van der Waals surface area (Å²) < 4.78 is 10.1. The fraction of sp³-hybridized carbons (Fsp3) is 0.429. The van der Waals surface area contributed by atoms with Crippen LogP contribution in [0.25, 0.3) is 0 Å². The molecule has 0 fully saturated rings. The Kier molecular flexibility index (Phi) is 8.59. The first-order valence-corrected chi connectivity index (χ1v) is 6.21. The summed E-state index contributed by atoms with van der Waals surface area (Å²) in [6.07, 6.45) is -0.547. The van der Waals surface area contributed by atoms with Crippen molar-refractivity contribution in [2.24, 2.45) is 5.73 Å². The Morgan fingerprint density at radius 2 is 1.80 bits per heavy atom. The van der Waals surface area contributed by atoms with Crippen LogP contribution in [-0.4, -0.2) is 24.1 Å². The van der Waals surface area contributed by atoms with Crippen LogP contribution in [0.5, 0.6) is 0 Å². The normalized spacial score (nSPS) is 12.8. The summed E-state index contributed by atoms with van der Waals surface area (Å²) in [7, 11) is 0. The molecule has 5 nitrogen and oxygen atoms in total. The van der Waals surface area contributed by atoms with Gasteiger partial charge in [0, 0.05) is 0 Å². The predicted molar refractivity (Wildman–Crippen MR) is 77.3 cm³/mol. The van der Waals surface area contributed by atoms with E-state index in [1.54, 1.807) is 6.92 Å². The van der Waals surface area contributed by atoms with Gasteiger partial charge in [-0.3, -0.25) is 4.79 Å². The van der Waals surface area contributed by atoms with Crippen molar-refractivity contribution in [3.8, 4) is 0 Å². The Balaban J connectivity index is 0.00000361. The monoisotopic (exact) mass is 301 g/mol. The molecular weight excluding hydrogens is 282 g/mol. The fourth-order valence-electron chi connectivity index (χ4n) is 1.37. The van der Waals surface area contributed by atoms with E-state index >= 15 is 0 Å². The molecule has 0 spiro atoms. The number of hydrogen-bond donors (Lipinski definition) is 1. The second-order valence-electron chi connectivity index (χ2n) is 4.22. The van der Waals surface area contributed by atoms with Gasteiger partial charge in [0.1, 0.15) is 12.6 Å². The number of nitrogens with two attached hydrogens (primary N) is 1. The first-order valence-electron chi connectivity index (χ1n) is 6.21. The molecule has 0 bridgehead atoms. The molecule has 0 radical (unpaired) electrons. The molecule has 0 aromatic heterocycles. The lowest BCUT2D eigenvalue weighted by molar-refractivity contribution is -0.169. The highest BCUT2D eigenvalue weighted by Gasteiger charge is 2.24. The third kappa shape index (κ3) is 6.04. The van der Waals surface area contributed by atoms with E-state index in [0.29, 0.717) is 6.42 Å². The van der Waals surface area contributed by atoms with Crippen molar-refractivity contribution in [2.45, 2.75) is 39.0 Å². The molecule has 1 aromatic carbocycles. The molecule has 0 heterocycles. The van der Waals surface area contributed by atoms with Crippen LogP contribution in [-0.2, 0) is 25.7 Å². The lowest BCUT2D eigenvalue weighted by Gasteiger charge is -2.16. The number of carbonyl (C=O) groups excluding carboxylic acids is 2. The highest BCUT2D eigenvalue weighted by atomic mass is 35.5. The van der Waals surface area contributed by atoms with Gasteiger partial charge in [-0.1, -0.05) is 37.3 Å². The number of halogens is 1. The van der Waals surface area contributed by atoms with Gasteiger partial charge in [0.05, 0.1) is 0 Å². The van der Waals surface area contributed by atoms with Gasteiger partial charge >= 0.3 is 11.9 Å². The summed E-state index contributed by atoms with van der Waals surface area (Å²) in [5, 5.41) is 0. The number of esters is 2. The molecule has 112 valence electrons. The summed E-state index contributed by atoms with van der Waals surface area (Å²) in [6, 6.07) is 8.54. The summed E-state index contributed by atoms with van der Waals surface area (Å²) in [4.78, 5) is 23.1. The zero-order chi connectivity index (χ0) is 14.3. The standard InChI is InChI=1S/C14H19NO4.ClH/c1-3-12(19-13(16)10(2)15)14(17)18-9-11-7-5-4-6-8-11;/h4-8,10,12H,3,9,15H2,1-2H3;1H/t10?,12-;/m0./s1. The van der Waals surface area contributed by atoms with Gasteiger partial charge in [-0.25, -0.2) is 4.79 Å². The predicted octanol–water partition coefficient (Wildman–Crippen LogP) is 1.82. The molecule has 0 aliphatic carbocycles. The summed E-state index contributed by atoms with van der Waals surface area (Å²) in [5.41, 5.74) is 6.26. The molecule has 0 aliphatic heterocycles. The van der Waals surface area contributed by atoms with Crippen LogP contribution in [0.2, 0.25) is 0 Å². The lowest BCUT2D eigenvalue weighted by atomic mass is 10.2. The number of rotatable bonds is 6. The average molecular weight is 302 g/mol. The van der Waals surface area contributed by atoms with E-state index in [4.69, 9.17) is 15.2 Å². The molecule has 2 atom stereocenters. The summed E-state index contributed by atoms with van der Waals surface area (Å²) in [5.74, 6) is -1.16. The SMILES string of the molecule is CC[C@H](OC(=O)C(C)N)C(=O)OCc1ccccc1.Cl. The lowest BCUT2D eigenvalue weighted by Crippen LogP contribution is -2.36. The number of carbonyl (C=O) groups is 2. The van der Waals surface area contributed by atoms with Gasteiger partial charge in [-0.2, -0.15) is 0 Å². The Morgan fingerprint density at radius 1 is 1.20 bits per heavy atom. The van der Waals surface area contributed by atoms with Crippen LogP contribution in [0.3, 0.4) is 0 Å². The fourth-order valence-corrected chi connectivity index (χ4v) is 1.37. The van der Waals surface area contributed by atoms with Crippen LogP contribution >= 0.6 is 12.4 Å². The maximum atomic E-state index is 11.8. The van der Waals surface area contributed by atoms with E-state index in [9.17, 15) is 9.59 Å². The Bertz CT molecular complexity index is 422. The molecule has 1 unspecified atom stereocenters. The smallest absolute Gasteiger partial charge is 0.347 e. The summed E-state index contributed by atoms with van der Waals surface area (Å²) >= 11 is 0. The molecule has 2 N–H and O–H groups in total. The van der Waals surface area contributed by atoms with Crippen LogP contribution in [0.4, 0.5) is 0 Å². The van der Waals surface area contributed by atoms with Crippen molar-refractivity contribution in [3.63, 3.8) is 0 Å². The molecular formula is C14H20ClNO4. The van der Waals surface area contributed by atoms with Gasteiger partial charge in [0.25, 0.3) is 0 Å². The Labute approximate surface area is 124 Å². The largest absolute Gasteiger partial charge is 0.458 e. The minimum Gasteiger partial charge on any atom is -0.458 e. The molecule has 0 aliphatic rings. The molecule has 20 heavy (non-hydrogen) atoms. The first-order chi connectivity index (χ1) is 9.04. The van der Waals surface area contributed by atoms with Crippen LogP contribution < -0.4 is 5.73 Å². The van der Waals surface area contributed by atoms with Crippen LogP contribution in [0.15, 0.2) is 30.3 Å². The molecule has 0 saturated carbocycles. The van der Waals surface area contributed by atoms with Crippen molar-refractivity contribution in [3.05, 3.63) is 35.9 Å². The van der Waals surface area contributed by atoms with Crippen LogP contribution in [0, 0.1) is 0 Å². The topological polar surface area (TPSA) is 78.6 Å².